The van der Waals surface area contributed by atoms with Gasteiger partial charge in [0, 0.05) is 61.5 Å². The summed E-state index contributed by atoms with van der Waals surface area (Å²) in [7, 11) is 0. The smallest absolute Gasteiger partial charge is 0.319 e. The van der Waals surface area contributed by atoms with Crippen LogP contribution >= 0.6 is 0 Å². The van der Waals surface area contributed by atoms with E-state index < -0.39 is 11.6 Å². The van der Waals surface area contributed by atoms with Gasteiger partial charge in [-0.05, 0) is 55.7 Å². The molecule has 0 spiro atoms. The van der Waals surface area contributed by atoms with E-state index in [1.54, 1.807) is 6.20 Å². The number of hydrogen-bond donors (Lipinski definition) is 3. The van der Waals surface area contributed by atoms with Crippen molar-refractivity contribution in [3.05, 3.63) is 59.8 Å². The van der Waals surface area contributed by atoms with Crippen molar-refractivity contribution in [1.29, 1.82) is 0 Å². The highest BCUT2D eigenvalue weighted by molar-refractivity contribution is 6.03. The van der Waals surface area contributed by atoms with Crippen LogP contribution in [0.1, 0.15) is 37.7 Å². The zero-order valence-electron chi connectivity index (χ0n) is 25.4. The van der Waals surface area contributed by atoms with Crippen LogP contribution in [0.15, 0.2) is 42.6 Å². The molecule has 9 nitrogen and oxygen atoms in total. The van der Waals surface area contributed by atoms with Crippen LogP contribution in [0.5, 0.6) is 11.8 Å². The van der Waals surface area contributed by atoms with E-state index in [0.717, 1.165) is 44.2 Å². The molecule has 4 fully saturated rings. The van der Waals surface area contributed by atoms with Gasteiger partial charge in [-0.25, -0.2) is 8.78 Å². The number of phenols is 1. The van der Waals surface area contributed by atoms with E-state index in [2.05, 4.69) is 37.6 Å². The first-order valence-electron chi connectivity index (χ1n) is 15.8. The predicted octanol–water partition coefficient (Wildman–Crippen LogP) is 4.25. The maximum Gasteiger partial charge on any atom is 0.319 e. The second-order valence-corrected chi connectivity index (χ2v) is 13.2. The quantitative estimate of drug-likeness (QED) is 0.214. The van der Waals surface area contributed by atoms with Gasteiger partial charge in [-0.15, -0.1) is 6.42 Å². The number of hydrogen-bond acceptors (Lipinski definition) is 9. The SMILES string of the molecule is C#Cc1c(F)ccc2cc(O)cc(-c3ncc4c(N5CC6CCC(C5)N6)nc(OCC56CCC(CN)N5CC(=C)C6)nc4c3F)c12. The fourth-order valence-corrected chi connectivity index (χ4v) is 8.26. The Morgan fingerprint density at radius 1 is 1.17 bits per heavy atom. The third-order valence-corrected chi connectivity index (χ3v) is 10.3. The molecule has 2 aromatic heterocycles. The molecule has 0 saturated carbocycles. The van der Waals surface area contributed by atoms with Gasteiger partial charge in [0.1, 0.15) is 35.2 Å². The predicted molar refractivity (Wildman–Crippen MR) is 173 cm³/mol. The summed E-state index contributed by atoms with van der Waals surface area (Å²) >= 11 is 0. The van der Waals surface area contributed by atoms with Gasteiger partial charge in [-0.2, -0.15) is 9.97 Å². The number of fused-ring (bicyclic) bond motifs is 5. The number of benzene rings is 2. The van der Waals surface area contributed by atoms with E-state index >= 15 is 4.39 Å². The summed E-state index contributed by atoms with van der Waals surface area (Å²) in [6.45, 7) is 7.33. The molecule has 0 aliphatic carbocycles. The fourth-order valence-electron chi connectivity index (χ4n) is 8.26. The molecule has 46 heavy (non-hydrogen) atoms. The third-order valence-electron chi connectivity index (χ3n) is 10.3. The van der Waals surface area contributed by atoms with Crippen LogP contribution in [0.4, 0.5) is 14.6 Å². The van der Waals surface area contributed by atoms with Crippen molar-refractivity contribution in [3.63, 3.8) is 0 Å². The molecule has 2 bridgehead atoms. The topological polar surface area (TPSA) is 113 Å². The number of nitrogens with one attached hydrogen (secondary N) is 1. The van der Waals surface area contributed by atoms with Gasteiger partial charge < -0.3 is 25.8 Å². The van der Waals surface area contributed by atoms with Crippen molar-refractivity contribution in [1.82, 2.24) is 25.2 Å². The Labute approximate surface area is 265 Å². The lowest BCUT2D eigenvalue weighted by Crippen LogP contribution is -2.51. The van der Waals surface area contributed by atoms with Crippen molar-refractivity contribution in [2.45, 2.75) is 55.8 Å². The summed E-state index contributed by atoms with van der Waals surface area (Å²) in [6.07, 6.45) is 12.1. The van der Waals surface area contributed by atoms with Gasteiger partial charge in [0.25, 0.3) is 0 Å². The van der Waals surface area contributed by atoms with E-state index in [1.165, 1.54) is 24.3 Å². The second-order valence-electron chi connectivity index (χ2n) is 13.2. The normalized spacial score (nSPS) is 25.8. The number of pyridine rings is 1. The molecule has 0 radical (unpaired) electrons. The van der Waals surface area contributed by atoms with Gasteiger partial charge in [-0.1, -0.05) is 24.1 Å². The molecule has 4 N–H and O–H groups in total. The maximum atomic E-state index is 16.8. The summed E-state index contributed by atoms with van der Waals surface area (Å²) in [6, 6.07) is 6.49. The number of aromatic hydroxyl groups is 1. The number of phenolic OH excluding ortho intramolecular Hbond substituents is 1. The Morgan fingerprint density at radius 2 is 1.98 bits per heavy atom. The Hall–Kier alpha value is -4.37. The van der Waals surface area contributed by atoms with Gasteiger partial charge in [0.15, 0.2) is 5.82 Å². The lowest BCUT2D eigenvalue weighted by molar-refractivity contribution is 0.0865. The standard InChI is InChI=1S/C35H35F2N7O2/c1-3-25-28(36)7-4-20-10-24(45)11-26(29(20)25)31-30(37)32-27(14-39-31)33(43-16-21-5-6-22(17-43)40-21)42-34(41-32)46-18-35-9-8-23(13-38)44(35)15-19(2)12-35/h1,4,7,10-11,14,21-23,40,45H,2,5-6,8-9,12-13,15-18,38H2. The zero-order valence-corrected chi connectivity index (χ0v) is 25.4. The van der Waals surface area contributed by atoms with Crippen LogP contribution in [0.2, 0.25) is 0 Å². The highest BCUT2D eigenvalue weighted by Crippen LogP contribution is 2.44. The van der Waals surface area contributed by atoms with Gasteiger partial charge in [-0.3, -0.25) is 9.88 Å². The van der Waals surface area contributed by atoms with Crippen LogP contribution in [-0.2, 0) is 0 Å². The minimum atomic E-state index is -0.735. The van der Waals surface area contributed by atoms with E-state index in [9.17, 15) is 9.50 Å². The van der Waals surface area contributed by atoms with E-state index in [1.807, 2.05) is 0 Å². The average Bonchev–Trinajstić information content (AvgIpc) is 3.68. The number of anilines is 1. The van der Waals surface area contributed by atoms with Crippen LogP contribution in [0, 0.1) is 24.0 Å². The number of nitrogens with two attached hydrogens (primary N) is 1. The molecular weight excluding hydrogens is 588 g/mol. The first-order valence-corrected chi connectivity index (χ1v) is 15.8. The Bertz CT molecular complexity index is 1950. The third kappa shape index (κ3) is 4.58. The molecule has 4 aromatic rings. The van der Waals surface area contributed by atoms with Crippen LogP contribution in [0.25, 0.3) is 32.9 Å². The monoisotopic (exact) mass is 623 g/mol. The van der Waals surface area contributed by atoms with E-state index in [4.69, 9.17) is 21.9 Å². The number of nitrogens with zero attached hydrogens (tertiary/aromatic N) is 5. The molecule has 2 aromatic carbocycles. The fraction of sp³-hybridized carbons (Fsp3) is 0.400. The highest BCUT2D eigenvalue weighted by Gasteiger charge is 2.50. The second kappa shape index (κ2) is 10.9. The van der Waals surface area contributed by atoms with Crippen molar-refractivity contribution < 1.29 is 18.6 Å². The Balaban J connectivity index is 1.26. The molecule has 4 saturated heterocycles. The number of rotatable bonds is 6. The molecule has 4 aliphatic rings. The molecule has 4 aliphatic heterocycles. The summed E-state index contributed by atoms with van der Waals surface area (Å²) in [5.41, 5.74) is 7.04. The van der Waals surface area contributed by atoms with Gasteiger partial charge in [0.2, 0.25) is 0 Å². The number of ether oxygens (including phenoxy) is 1. The van der Waals surface area contributed by atoms with E-state index in [-0.39, 0.29) is 51.1 Å². The molecule has 6 heterocycles. The van der Waals surface area contributed by atoms with Crippen molar-refractivity contribution in [2.75, 3.05) is 37.7 Å². The average molecular weight is 624 g/mol. The van der Waals surface area contributed by atoms with Gasteiger partial charge >= 0.3 is 6.01 Å². The summed E-state index contributed by atoms with van der Waals surface area (Å²) in [4.78, 5) is 18.6. The summed E-state index contributed by atoms with van der Waals surface area (Å²) in [5, 5.41) is 15.4. The summed E-state index contributed by atoms with van der Waals surface area (Å²) in [5.74, 6) is 1.46. The molecular formula is C35H35F2N7O2. The first-order chi connectivity index (χ1) is 22.3. The Kier molecular flexibility index (Phi) is 6.86. The first kappa shape index (κ1) is 29.1. The molecule has 0 amide bonds. The van der Waals surface area contributed by atoms with E-state index in [0.29, 0.717) is 54.9 Å². The molecule has 11 heteroatoms. The lowest BCUT2D eigenvalue weighted by atomic mass is 9.94. The highest BCUT2D eigenvalue weighted by atomic mass is 19.1. The van der Waals surface area contributed by atoms with Crippen LogP contribution < -0.4 is 20.7 Å². The minimum absolute atomic E-state index is 0.0301. The number of halogens is 2. The molecule has 4 atom stereocenters. The van der Waals surface area contributed by atoms with Crippen molar-refractivity contribution in [3.8, 4) is 35.4 Å². The van der Waals surface area contributed by atoms with Gasteiger partial charge in [0.05, 0.1) is 16.5 Å². The van der Waals surface area contributed by atoms with Crippen molar-refractivity contribution >= 4 is 27.5 Å². The number of piperazine rings is 1. The largest absolute Gasteiger partial charge is 0.508 e. The van der Waals surface area contributed by atoms with Crippen molar-refractivity contribution in [2.24, 2.45) is 5.73 Å². The van der Waals surface area contributed by atoms with Crippen LogP contribution in [-0.4, -0.2) is 81.4 Å². The maximum absolute atomic E-state index is 16.8. The molecule has 4 unspecified atom stereocenters. The minimum Gasteiger partial charge on any atom is -0.508 e. The zero-order chi connectivity index (χ0) is 31.7. The number of aromatic nitrogens is 3. The van der Waals surface area contributed by atoms with Crippen LogP contribution in [0.3, 0.4) is 0 Å². The molecule has 8 rings (SSSR count). The molecule has 236 valence electrons. The lowest BCUT2D eigenvalue weighted by Gasteiger charge is -2.35. The Morgan fingerprint density at radius 3 is 2.74 bits per heavy atom. The summed E-state index contributed by atoms with van der Waals surface area (Å²) < 4.78 is 38.1. The number of terminal acetylenes is 1.